The Morgan fingerprint density at radius 3 is 1.35 bits per heavy atom. The summed E-state index contributed by atoms with van der Waals surface area (Å²) >= 11 is 0. The molecule has 1 aliphatic rings. The SMILES string of the molecule is Cc1ccc2c(c1)C(C)(C)c1ccccc1-c1ccccc1-c1ccccc1C2(C)C. The van der Waals surface area contributed by atoms with Crippen molar-refractivity contribution in [1.29, 1.82) is 0 Å². The predicted octanol–water partition coefficient (Wildman–Crippen LogP) is 8.29. The summed E-state index contributed by atoms with van der Waals surface area (Å²) in [5.74, 6) is 0. The van der Waals surface area contributed by atoms with E-state index in [9.17, 15) is 0 Å². The van der Waals surface area contributed by atoms with Crippen molar-refractivity contribution < 1.29 is 0 Å². The lowest BCUT2D eigenvalue weighted by molar-refractivity contribution is 0.579. The normalized spacial score (nSPS) is 15.8. The molecule has 0 radical (unpaired) electrons. The van der Waals surface area contributed by atoms with Crippen LogP contribution in [0.15, 0.2) is 91.0 Å². The highest BCUT2D eigenvalue weighted by atomic mass is 14.4. The summed E-state index contributed by atoms with van der Waals surface area (Å²) in [5.41, 5.74) is 11.9. The molecule has 5 rings (SSSR count). The largest absolute Gasteiger partial charge is 0.0619 e. The van der Waals surface area contributed by atoms with Gasteiger partial charge in [-0.25, -0.2) is 0 Å². The first kappa shape index (κ1) is 19.8. The molecule has 0 fully saturated rings. The molecule has 31 heavy (non-hydrogen) atoms. The Balaban J connectivity index is 2.01. The van der Waals surface area contributed by atoms with Gasteiger partial charge in [-0.1, -0.05) is 124 Å². The van der Waals surface area contributed by atoms with E-state index in [1.165, 1.54) is 50.1 Å². The summed E-state index contributed by atoms with van der Waals surface area (Å²) in [6, 6.07) is 33.9. The Labute approximate surface area is 186 Å². The Kier molecular flexibility index (Phi) is 4.45. The van der Waals surface area contributed by atoms with E-state index in [0.717, 1.165) is 0 Å². The van der Waals surface area contributed by atoms with Crippen LogP contribution in [0.3, 0.4) is 0 Å². The molecular formula is C31H30. The number of fused-ring (bicyclic) bond motifs is 6. The Hall–Kier alpha value is -3.12. The summed E-state index contributed by atoms with van der Waals surface area (Å²) < 4.78 is 0. The van der Waals surface area contributed by atoms with Gasteiger partial charge in [-0.3, -0.25) is 0 Å². The third-order valence-corrected chi connectivity index (χ3v) is 7.23. The van der Waals surface area contributed by atoms with Gasteiger partial charge in [-0.15, -0.1) is 0 Å². The molecule has 0 bridgehead atoms. The third-order valence-electron chi connectivity index (χ3n) is 7.23. The van der Waals surface area contributed by atoms with Crippen LogP contribution in [0.4, 0.5) is 0 Å². The molecule has 0 atom stereocenters. The zero-order valence-electron chi connectivity index (χ0n) is 19.2. The molecule has 0 heterocycles. The van der Waals surface area contributed by atoms with E-state index in [-0.39, 0.29) is 10.8 Å². The van der Waals surface area contributed by atoms with E-state index in [0.29, 0.717) is 0 Å². The monoisotopic (exact) mass is 402 g/mol. The Morgan fingerprint density at radius 2 is 0.839 bits per heavy atom. The van der Waals surface area contributed by atoms with E-state index in [1.807, 2.05) is 0 Å². The van der Waals surface area contributed by atoms with E-state index in [2.05, 4.69) is 126 Å². The van der Waals surface area contributed by atoms with Crippen LogP contribution in [-0.2, 0) is 10.8 Å². The minimum Gasteiger partial charge on any atom is -0.0619 e. The lowest BCUT2D eigenvalue weighted by Gasteiger charge is -2.39. The molecule has 0 unspecified atom stereocenters. The van der Waals surface area contributed by atoms with Gasteiger partial charge in [0, 0.05) is 10.8 Å². The van der Waals surface area contributed by atoms with Crippen LogP contribution < -0.4 is 0 Å². The molecule has 0 aromatic heterocycles. The molecule has 0 heteroatoms. The van der Waals surface area contributed by atoms with Gasteiger partial charge in [0.2, 0.25) is 0 Å². The fourth-order valence-corrected chi connectivity index (χ4v) is 5.49. The average Bonchev–Trinajstić information content (AvgIpc) is 2.78. The summed E-state index contributed by atoms with van der Waals surface area (Å²) in [6.45, 7) is 11.7. The van der Waals surface area contributed by atoms with Gasteiger partial charge in [-0.05, 0) is 51.4 Å². The van der Waals surface area contributed by atoms with Crippen LogP contribution in [0, 0.1) is 6.92 Å². The Morgan fingerprint density at radius 1 is 0.419 bits per heavy atom. The average molecular weight is 403 g/mol. The third kappa shape index (κ3) is 2.97. The molecule has 1 aliphatic carbocycles. The topological polar surface area (TPSA) is 0 Å². The smallest absolute Gasteiger partial charge is 0.0155 e. The van der Waals surface area contributed by atoms with Crippen LogP contribution in [0.1, 0.15) is 55.5 Å². The van der Waals surface area contributed by atoms with Crippen molar-refractivity contribution in [1.82, 2.24) is 0 Å². The molecule has 154 valence electrons. The standard InChI is InChI=1S/C31H30/c1-21-18-19-28-29(20-21)31(4,5)27-17-11-9-15-25(27)23-13-7-6-12-22(23)24-14-8-10-16-26(24)30(28,2)3/h6-20H,1-5H3. The Bertz CT molecular complexity index is 1290. The zero-order chi connectivity index (χ0) is 21.8. The molecule has 0 saturated carbocycles. The fraction of sp³-hybridized carbons (Fsp3) is 0.226. The van der Waals surface area contributed by atoms with Gasteiger partial charge < -0.3 is 0 Å². The highest BCUT2D eigenvalue weighted by Gasteiger charge is 2.36. The van der Waals surface area contributed by atoms with Gasteiger partial charge in [0.25, 0.3) is 0 Å². The number of aryl methyl sites for hydroxylation is 1. The number of rotatable bonds is 0. The molecule has 4 aromatic carbocycles. The van der Waals surface area contributed by atoms with E-state index >= 15 is 0 Å². The van der Waals surface area contributed by atoms with Crippen LogP contribution in [0.2, 0.25) is 0 Å². The van der Waals surface area contributed by atoms with Crippen molar-refractivity contribution in [3.8, 4) is 22.3 Å². The van der Waals surface area contributed by atoms with E-state index in [4.69, 9.17) is 0 Å². The maximum atomic E-state index is 2.41. The first-order valence-corrected chi connectivity index (χ1v) is 11.2. The molecule has 0 aliphatic heterocycles. The van der Waals surface area contributed by atoms with Gasteiger partial charge >= 0.3 is 0 Å². The molecule has 4 aromatic rings. The van der Waals surface area contributed by atoms with Crippen molar-refractivity contribution >= 4 is 0 Å². The molecular weight excluding hydrogens is 372 g/mol. The molecule has 0 saturated heterocycles. The molecule has 0 amide bonds. The van der Waals surface area contributed by atoms with Gasteiger partial charge in [-0.2, -0.15) is 0 Å². The maximum absolute atomic E-state index is 2.41. The lowest BCUT2D eigenvalue weighted by Crippen LogP contribution is -2.29. The summed E-state index contributed by atoms with van der Waals surface area (Å²) in [7, 11) is 0. The van der Waals surface area contributed by atoms with Crippen molar-refractivity contribution in [3.05, 3.63) is 119 Å². The summed E-state index contributed by atoms with van der Waals surface area (Å²) in [5, 5.41) is 0. The van der Waals surface area contributed by atoms with Crippen molar-refractivity contribution in [2.75, 3.05) is 0 Å². The number of hydrogen-bond donors (Lipinski definition) is 0. The van der Waals surface area contributed by atoms with Crippen LogP contribution >= 0.6 is 0 Å². The van der Waals surface area contributed by atoms with E-state index < -0.39 is 0 Å². The van der Waals surface area contributed by atoms with Crippen LogP contribution in [0.5, 0.6) is 0 Å². The van der Waals surface area contributed by atoms with Crippen LogP contribution in [0.25, 0.3) is 22.3 Å². The number of benzene rings is 4. The second-order valence-electron chi connectivity index (χ2n) is 9.94. The predicted molar refractivity (Wildman–Crippen MR) is 133 cm³/mol. The second kappa shape index (κ2) is 6.95. The van der Waals surface area contributed by atoms with Crippen molar-refractivity contribution in [2.45, 2.75) is 45.4 Å². The molecule has 0 nitrogen and oxygen atoms in total. The second-order valence-corrected chi connectivity index (χ2v) is 9.94. The van der Waals surface area contributed by atoms with Crippen LogP contribution in [-0.4, -0.2) is 0 Å². The van der Waals surface area contributed by atoms with Crippen molar-refractivity contribution in [3.63, 3.8) is 0 Å². The number of hydrogen-bond acceptors (Lipinski definition) is 0. The first-order chi connectivity index (χ1) is 14.8. The van der Waals surface area contributed by atoms with Crippen molar-refractivity contribution in [2.24, 2.45) is 0 Å². The molecule has 0 spiro atoms. The highest BCUT2D eigenvalue weighted by Crippen LogP contribution is 2.49. The molecule has 0 N–H and O–H groups in total. The minimum atomic E-state index is -0.130. The maximum Gasteiger partial charge on any atom is 0.0155 e. The van der Waals surface area contributed by atoms with Gasteiger partial charge in [0.15, 0.2) is 0 Å². The van der Waals surface area contributed by atoms with Gasteiger partial charge in [0.05, 0.1) is 0 Å². The first-order valence-electron chi connectivity index (χ1n) is 11.2. The summed E-state index contributed by atoms with van der Waals surface area (Å²) in [6.07, 6.45) is 0. The van der Waals surface area contributed by atoms with E-state index in [1.54, 1.807) is 0 Å². The van der Waals surface area contributed by atoms with Gasteiger partial charge in [0.1, 0.15) is 0 Å². The summed E-state index contributed by atoms with van der Waals surface area (Å²) in [4.78, 5) is 0. The zero-order valence-corrected chi connectivity index (χ0v) is 19.2. The quantitative estimate of drug-likeness (QED) is 0.277. The highest BCUT2D eigenvalue weighted by molar-refractivity contribution is 5.88. The fourth-order valence-electron chi connectivity index (χ4n) is 5.49. The lowest BCUT2D eigenvalue weighted by atomic mass is 9.65. The minimum absolute atomic E-state index is 0.129.